The Balaban J connectivity index is 2.14. The van der Waals surface area contributed by atoms with Crippen molar-refractivity contribution in [3.05, 3.63) is 50.8 Å². The second-order valence-corrected chi connectivity index (χ2v) is 6.09. The van der Waals surface area contributed by atoms with Gasteiger partial charge in [0.1, 0.15) is 17.0 Å². The molecule has 0 aliphatic rings. The first-order valence-electron chi connectivity index (χ1n) is 5.97. The van der Waals surface area contributed by atoms with Crippen molar-refractivity contribution < 1.29 is 4.74 Å². The molecular weight excluding hydrogens is 372 g/mol. The van der Waals surface area contributed by atoms with E-state index in [0.717, 1.165) is 20.5 Å². The second-order valence-electron chi connectivity index (χ2n) is 4.42. The van der Waals surface area contributed by atoms with Gasteiger partial charge in [0.25, 0.3) is 0 Å². The highest BCUT2D eigenvalue weighted by molar-refractivity contribution is 9.10. The van der Waals surface area contributed by atoms with Gasteiger partial charge in [-0.05, 0) is 22.0 Å². The fourth-order valence-corrected chi connectivity index (χ4v) is 2.29. The Labute approximate surface area is 129 Å². The Morgan fingerprint density at radius 1 is 1.16 bits per heavy atom. The van der Waals surface area contributed by atoms with Gasteiger partial charge in [0.15, 0.2) is 0 Å². The lowest BCUT2D eigenvalue weighted by Crippen LogP contribution is -2.03. The zero-order valence-electron chi connectivity index (χ0n) is 10.7. The standard InChI is InChI=1S/C14H14Br2N2O/c1-9(2)14-17-12(16)7-13(18-14)19-8-10-5-3-4-6-11(10)15/h3-7,9H,8H2,1-2H3. The average molecular weight is 386 g/mol. The summed E-state index contributed by atoms with van der Waals surface area (Å²) in [5.74, 6) is 1.63. The molecule has 0 fully saturated rings. The summed E-state index contributed by atoms with van der Waals surface area (Å²) in [6.45, 7) is 4.58. The molecule has 5 heteroatoms. The van der Waals surface area contributed by atoms with Gasteiger partial charge in [0.05, 0.1) is 0 Å². The number of aromatic nitrogens is 2. The average Bonchev–Trinajstić information content (AvgIpc) is 2.37. The smallest absolute Gasteiger partial charge is 0.218 e. The summed E-state index contributed by atoms with van der Waals surface area (Å²) in [6, 6.07) is 9.76. The molecule has 1 heterocycles. The topological polar surface area (TPSA) is 35.0 Å². The molecule has 1 aromatic carbocycles. The molecule has 100 valence electrons. The molecule has 2 rings (SSSR count). The van der Waals surface area contributed by atoms with E-state index in [1.807, 2.05) is 24.3 Å². The second kappa shape index (κ2) is 6.48. The van der Waals surface area contributed by atoms with Crippen LogP contribution in [0.15, 0.2) is 39.4 Å². The van der Waals surface area contributed by atoms with E-state index in [9.17, 15) is 0 Å². The van der Waals surface area contributed by atoms with E-state index in [0.29, 0.717) is 12.5 Å². The molecule has 0 unspecified atom stereocenters. The van der Waals surface area contributed by atoms with Crippen molar-refractivity contribution in [1.82, 2.24) is 9.97 Å². The van der Waals surface area contributed by atoms with E-state index >= 15 is 0 Å². The van der Waals surface area contributed by atoms with Crippen molar-refractivity contribution in [2.24, 2.45) is 0 Å². The third-order valence-corrected chi connectivity index (χ3v) is 3.72. The van der Waals surface area contributed by atoms with E-state index in [1.165, 1.54) is 0 Å². The molecule has 0 bridgehead atoms. The van der Waals surface area contributed by atoms with Gasteiger partial charge in [-0.15, -0.1) is 0 Å². The quantitative estimate of drug-likeness (QED) is 0.715. The summed E-state index contributed by atoms with van der Waals surface area (Å²) in [7, 11) is 0. The van der Waals surface area contributed by atoms with E-state index in [2.05, 4.69) is 55.7 Å². The third-order valence-electron chi connectivity index (χ3n) is 2.54. The molecule has 3 nitrogen and oxygen atoms in total. The van der Waals surface area contributed by atoms with Crippen LogP contribution in [-0.2, 0) is 6.61 Å². The van der Waals surface area contributed by atoms with Gasteiger partial charge in [-0.25, -0.2) is 4.98 Å². The highest BCUT2D eigenvalue weighted by Crippen LogP contribution is 2.21. The summed E-state index contributed by atoms with van der Waals surface area (Å²) in [5, 5.41) is 0. The molecule has 0 N–H and O–H groups in total. The summed E-state index contributed by atoms with van der Waals surface area (Å²) in [6.07, 6.45) is 0. The Morgan fingerprint density at radius 2 is 1.89 bits per heavy atom. The first-order chi connectivity index (χ1) is 9.06. The molecule has 0 radical (unpaired) electrons. The van der Waals surface area contributed by atoms with Crippen LogP contribution in [0.3, 0.4) is 0 Å². The molecule has 19 heavy (non-hydrogen) atoms. The van der Waals surface area contributed by atoms with Crippen LogP contribution in [0.5, 0.6) is 5.88 Å². The SMILES string of the molecule is CC(C)c1nc(Br)cc(OCc2ccccc2Br)n1. The first-order valence-corrected chi connectivity index (χ1v) is 7.55. The number of halogens is 2. The van der Waals surface area contributed by atoms with Crippen LogP contribution in [0.25, 0.3) is 0 Å². The minimum atomic E-state index is 0.267. The van der Waals surface area contributed by atoms with Crippen molar-refractivity contribution in [2.45, 2.75) is 26.4 Å². The van der Waals surface area contributed by atoms with Crippen LogP contribution in [0.2, 0.25) is 0 Å². The lowest BCUT2D eigenvalue weighted by atomic mass is 10.2. The number of hydrogen-bond donors (Lipinski definition) is 0. The first kappa shape index (κ1) is 14.5. The van der Waals surface area contributed by atoms with Crippen molar-refractivity contribution in [1.29, 1.82) is 0 Å². The van der Waals surface area contributed by atoms with E-state index < -0.39 is 0 Å². The molecule has 0 saturated carbocycles. The van der Waals surface area contributed by atoms with Gasteiger partial charge in [-0.1, -0.05) is 48.0 Å². The molecule has 0 spiro atoms. The molecule has 0 aliphatic carbocycles. The van der Waals surface area contributed by atoms with Crippen LogP contribution >= 0.6 is 31.9 Å². The molecule has 1 aromatic heterocycles. The third kappa shape index (κ3) is 4.01. The minimum absolute atomic E-state index is 0.267. The predicted octanol–water partition coefficient (Wildman–Crippen LogP) is 4.70. The fraction of sp³-hybridized carbons (Fsp3) is 0.286. The van der Waals surface area contributed by atoms with E-state index in [-0.39, 0.29) is 5.92 Å². The van der Waals surface area contributed by atoms with Crippen molar-refractivity contribution in [3.63, 3.8) is 0 Å². The number of rotatable bonds is 4. The van der Waals surface area contributed by atoms with Gasteiger partial charge in [-0.3, -0.25) is 0 Å². The number of ether oxygens (including phenoxy) is 1. The van der Waals surface area contributed by atoms with Gasteiger partial charge in [0.2, 0.25) is 5.88 Å². The van der Waals surface area contributed by atoms with Crippen molar-refractivity contribution in [3.8, 4) is 5.88 Å². The summed E-state index contributed by atoms with van der Waals surface area (Å²) >= 11 is 6.88. The maximum atomic E-state index is 5.73. The zero-order chi connectivity index (χ0) is 13.8. The Kier molecular flexibility index (Phi) is 4.93. The monoisotopic (exact) mass is 384 g/mol. The van der Waals surface area contributed by atoms with Gasteiger partial charge < -0.3 is 4.74 Å². The maximum absolute atomic E-state index is 5.73. The minimum Gasteiger partial charge on any atom is -0.473 e. The molecule has 0 aliphatic heterocycles. The van der Waals surface area contributed by atoms with Crippen molar-refractivity contribution >= 4 is 31.9 Å². The fourth-order valence-electron chi connectivity index (χ4n) is 1.51. The lowest BCUT2D eigenvalue weighted by molar-refractivity contribution is 0.290. The molecule has 0 saturated heterocycles. The largest absolute Gasteiger partial charge is 0.473 e. The van der Waals surface area contributed by atoms with Gasteiger partial charge >= 0.3 is 0 Å². The Morgan fingerprint density at radius 3 is 2.58 bits per heavy atom. The van der Waals surface area contributed by atoms with Crippen LogP contribution in [-0.4, -0.2) is 9.97 Å². The normalized spacial score (nSPS) is 10.8. The summed E-state index contributed by atoms with van der Waals surface area (Å²) in [4.78, 5) is 8.72. The number of benzene rings is 1. The number of hydrogen-bond acceptors (Lipinski definition) is 3. The summed E-state index contributed by atoms with van der Waals surface area (Å²) in [5.41, 5.74) is 1.09. The molecule has 0 atom stereocenters. The van der Waals surface area contributed by atoms with Crippen LogP contribution in [0.4, 0.5) is 0 Å². The number of nitrogens with zero attached hydrogens (tertiary/aromatic N) is 2. The summed E-state index contributed by atoms with van der Waals surface area (Å²) < 4.78 is 7.51. The highest BCUT2D eigenvalue weighted by Gasteiger charge is 2.08. The van der Waals surface area contributed by atoms with Crippen molar-refractivity contribution in [2.75, 3.05) is 0 Å². The Bertz CT molecular complexity index is 573. The lowest BCUT2D eigenvalue weighted by Gasteiger charge is -2.10. The Hall–Kier alpha value is -0.940. The van der Waals surface area contributed by atoms with Crippen LogP contribution in [0, 0.1) is 0 Å². The van der Waals surface area contributed by atoms with E-state index in [4.69, 9.17) is 4.74 Å². The van der Waals surface area contributed by atoms with Crippen LogP contribution in [0.1, 0.15) is 31.2 Å². The van der Waals surface area contributed by atoms with Crippen LogP contribution < -0.4 is 4.74 Å². The van der Waals surface area contributed by atoms with E-state index in [1.54, 1.807) is 6.07 Å². The maximum Gasteiger partial charge on any atom is 0.218 e. The molecule has 0 amide bonds. The molecule has 2 aromatic rings. The molecular formula is C14H14Br2N2O. The van der Waals surface area contributed by atoms with Gasteiger partial charge in [-0.2, -0.15) is 4.98 Å². The van der Waals surface area contributed by atoms with Gasteiger partial charge in [0, 0.05) is 22.0 Å². The predicted molar refractivity (Wildman–Crippen MR) is 82.3 cm³/mol. The highest BCUT2D eigenvalue weighted by atomic mass is 79.9. The zero-order valence-corrected chi connectivity index (χ0v) is 13.9.